The second-order valence-electron chi connectivity index (χ2n) is 5.56. The van der Waals surface area contributed by atoms with Gasteiger partial charge in [0.15, 0.2) is 11.7 Å². The lowest BCUT2D eigenvalue weighted by atomic mass is 10.1. The van der Waals surface area contributed by atoms with Crippen LogP contribution < -0.4 is 0 Å². The number of allylic oxidation sites excluding steroid dienone is 1. The Morgan fingerprint density at radius 1 is 0.957 bits per heavy atom. The van der Waals surface area contributed by atoms with Crippen molar-refractivity contribution < 1.29 is 8.78 Å². The maximum atomic E-state index is 14.0. The summed E-state index contributed by atoms with van der Waals surface area (Å²) in [6.45, 7) is 4.06. The van der Waals surface area contributed by atoms with E-state index in [2.05, 4.69) is 16.9 Å². The van der Waals surface area contributed by atoms with Gasteiger partial charge in [0, 0.05) is 29.9 Å². The first-order valence-electron chi connectivity index (χ1n) is 8.11. The Morgan fingerprint density at radius 3 is 2.17 bits per heavy atom. The van der Waals surface area contributed by atoms with Crippen molar-refractivity contribution in [3.05, 3.63) is 53.6 Å². The minimum atomic E-state index is -0.774. The minimum absolute atomic E-state index is 0.145. The van der Waals surface area contributed by atoms with E-state index >= 15 is 0 Å². The van der Waals surface area contributed by atoms with Crippen LogP contribution in [0.25, 0.3) is 17.2 Å². The molecule has 0 bridgehead atoms. The van der Waals surface area contributed by atoms with Crippen molar-refractivity contribution in [2.24, 2.45) is 0 Å². The molecule has 1 aromatic heterocycles. The van der Waals surface area contributed by atoms with Crippen molar-refractivity contribution in [1.82, 2.24) is 9.97 Å². The zero-order valence-corrected chi connectivity index (χ0v) is 13.6. The normalized spacial score (nSPS) is 12.2. The summed E-state index contributed by atoms with van der Waals surface area (Å²) in [6, 6.07) is 6.58. The van der Waals surface area contributed by atoms with Gasteiger partial charge in [-0.15, -0.1) is 0 Å². The Morgan fingerprint density at radius 2 is 1.61 bits per heavy atom. The molecular formula is C19H22F2N2. The second kappa shape index (κ2) is 8.51. The van der Waals surface area contributed by atoms with E-state index in [9.17, 15) is 8.78 Å². The number of rotatable bonds is 7. The van der Waals surface area contributed by atoms with Gasteiger partial charge in [-0.1, -0.05) is 51.0 Å². The van der Waals surface area contributed by atoms with Crippen molar-refractivity contribution in [3.8, 4) is 11.4 Å². The highest BCUT2D eigenvalue weighted by atomic mass is 19.2. The summed E-state index contributed by atoms with van der Waals surface area (Å²) in [7, 11) is 0. The van der Waals surface area contributed by atoms with E-state index in [1.165, 1.54) is 0 Å². The van der Waals surface area contributed by atoms with Gasteiger partial charge in [-0.2, -0.15) is 0 Å². The van der Waals surface area contributed by atoms with Crippen LogP contribution in [0.4, 0.5) is 8.78 Å². The second-order valence-corrected chi connectivity index (χ2v) is 5.56. The molecule has 2 rings (SSSR count). The van der Waals surface area contributed by atoms with Crippen LogP contribution in [0.15, 0.2) is 42.5 Å². The molecule has 23 heavy (non-hydrogen) atoms. The molecule has 2 nitrogen and oxygen atoms in total. The van der Waals surface area contributed by atoms with Crippen LogP contribution in [0.1, 0.15) is 50.7 Å². The van der Waals surface area contributed by atoms with Crippen molar-refractivity contribution in [3.63, 3.8) is 0 Å². The summed E-state index contributed by atoms with van der Waals surface area (Å²) >= 11 is 0. The predicted molar refractivity (Wildman–Crippen MR) is 90.1 cm³/mol. The summed E-state index contributed by atoms with van der Waals surface area (Å²) in [5.41, 5.74) is 2.14. The van der Waals surface area contributed by atoms with Crippen LogP contribution in [0, 0.1) is 0 Å². The minimum Gasteiger partial charge on any atom is -0.236 e. The lowest BCUT2D eigenvalue weighted by molar-refractivity contribution is 0.548. The van der Waals surface area contributed by atoms with Crippen molar-refractivity contribution in [2.45, 2.75) is 46.0 Å². The average molecular weight is 316 g/mol. The Hall–Kier alpha value is -2.10. The van der Waals surface area contributed by atoms with E-state index in [0.717, 1.165) is 30.4 Å². The Labute approximate surface area is 136 Å². The third-order valence-corrected chi connectivity index (χ3v) is 3.63. The summed E-state index contributed by atoms with van der Waals surface area (Å²) in [5, 5.41) is 0. The smallest absolute Gasteiger partial charge is 0.161 e. The SMILES string of the molecule is CCCC/C(F)=C(/F)c1ccc(-c2ncc(CCC)cn2)cc1. The fraction of sp³-hybridized carbons (Fsp3) is 0.368. The van der Waals surface area contributed by atoms with Gasteiger partial charge in [0.2, 0.25) is 0 Å². The molecule has 0 saturated heterocycles. The number of halogens is 2. The van der Waals surface area contributed by atoms with E-state index in [0.29, 0.717) is 12.2 Å². The van der Waals surface area contributed by atoms with Crippen LogP contribution in [0.2, 0.25) is 0 Å². The average Bonchev–Trinajstić information content (AvgIpc) is 2.60. The number of unbranched alkanes of at least 4 members (excludes halogenated alkanes) is 1. The zero-order valence-electron chi connectivity index (χ0n) is 13.6. The standard InChI is InChI=1S/C19H22F2N2/c1-3-5-7-17(20)18(21)15-8-10-16(11-9-15)19-22-12-14(6-4-2)13-23-19/h8-13H,3-7H2,1-2H3/b18-17-. The van der Waals surface area contributed by atoms with E-state index in [1.54, 1.807) is 24.3 Å². The number of aromatic nitrogens is 2. The Balaban J connectivity index is 2.15. The van der Waals surface area contributed by atoms with Crippen molar-refractivity contribution in [2.75, 3.05) is 0 Å². The molecule has 0 amide bonds. The fourth-order valence-electron chi connectivity index (χ4n) is 2.29. The molecule has 0 atom stereocenters. The highest BCUT2D eigenvalue weighted by Gasteiger charge is 2.09. The molecule has 122 valence electrons. The molecule has 0 radical (unpaired) electrons. The fourth-order valence-corrected chi connectivity index (χ4v) is 2.29. The van der Waals surface area contributed by atoms with Crippen molar-refractivity contribution in [1.29, 1.82) is 0 Å². The van der Waals surface area contributed by atoms with Gasteiger partial charge in [0.05, 0.1) is 0 Å². The highest BCUT2D eigenvalue weighted by molar-refractivity contribution is 5.65. The summed E-state index contributed by atoms with van der Waals surface area (Å²) in [6.07, 6.45) is 7.25. The van der Waals surface area contributed by atoms with Gasteiger partial charge in [-0.25, -0.2) is 18.7 Å². The maximum absolute atomic E-state index is 14.0. The molecular weight excluding hydrogens is 294 g/mol. The number of benzene rings is 1. The molecule has 0 aliphatic rings. The van der Waals surface area contributed by atoms with Crippen LogP contribution in [0.3, 0.4) is 0 Å². The van der Waals surface area contributed by atoms with Crippen LogP contribution >= 0.6 is 0 Å². The summed E-state index contributed by atoms with van der Waals surface area (Å²) in [5.74, 6) is -0.865. The first-order chi connectivity index (χ1) is 11.2. The van der Waals surface area contributed by atoms with Gasteiger partial charge in [0.25, 0.3) is 0 Å². The van der Waals surface area contributed by atoms with E-state index in [-0.39, 0.29) is 12.0 Å². The quantitative estimate of drug-likeness (QED) is 0.636. The van der Waals surface area contributed by atoms with Gasteiger partial charge >= 0.3 is 0 Å². The molecule has 2 aromatic rings. The molecule has 0 aliphatic heterocycles. The molecule has 4 heteroatoms. The van der Waals surface area contributed by atoms with E-state index in [1.807, 2.05) is 19.3 Å². The predicted octanol–water partition coefficient (Wildman–Crippen LogP) is 5.89. The monoisotopic (exact) mass is 316 g/mol. The third kappa shape index (κ3) is 4.68. The first kappa shape index (κ1) is 17.3. The van der Waals surface area contributed by atoms with Gasteiger partial charge < -0.3 is 0 Å². The Bertz CT molecular complexity index is 646. The molecule has 1 aromatic carbocycles. The number of nitrogens with zero attached hydrogens (tertiary/aromatic N) is 2. The number of aryl methyl sites for hydroxylation is 1. The lowest BCUT2D eigenvalue weighted by Crippen LogP contribution is -1.92. The van der Waals surface area contributed by atoms with E-state index in [4.69, 9.17) is 0 Å². The van der Waals surface area contributed by atoms with Crippen LogP contribution in [-0.2, 0) is 6.42 Å². The van der Waals surface area contributed by atoms with Gasteiger partial charge in [-0.3, -0.25) is 0 Å². The van der Waals surface area contributed by atoms with Gasteiger partial charge in [-0.05, 0) is 18.4 Å². The third-order valence-electron chi connectivity index (χ3n) is 3.63. The topological polar surface area (TPSA) is 25.8 Å². The van der Waals surface area contributed by atoms with E-state index < -0.39 is 11.7 Å². The summed E-state index contributed by atoms with van der Waals surface area (Å²) < 4.78 is 27.7. The molecule has 1 heterocycles. The zero-order chi connectivity index (χ0) is 16.7. The molecule has 0 aliphatic carbocycles. The number of hydrogen-bond donors (Lipinski definition) is 0. The lowest BCUT2D eigenvalue weighted by Gasteiger charge is -2.04. The van der Waals surface area contributed by atoms with Crippen LogP contribution in [-0.4, -0.2) is 9.97 Å². The summed E-state index contributed by atoms with van der Waals surface area (Å²) in [4.78, 5) is 8.65. The first-order valence-corrected chi connectivity index (χ1v) is 8.11. The van der Waals surface area contributed by atoms with Gasteiger partial charge in [0.1, 0.15) is 5.83 Å². The van der Waals surface area contributed by atoms with Crippen molar-refractivity contribution >= 4 is 5.83 Å². The molecule has 0 N–H and O–H groups in total. The molecule has 0 unspecified atom stereocenters. The Kier molecular flexibility index (Phi) is 6.39. The number of hydrogen-bond acceptors (Lipinski definition) is 2. The maximum Gasteiger partial charge on any atom is 0.161 e. The molecule has 0 spiro atoms. The molecule has 0 fully saturated rings. The largest absolute Gasteiger partial charge is 0.236 e. The van der Waals surface area contributed by atoms with Crippen LogP contribution in [0.5, 0.6) is 0 Å². The molecule has 0 saturated carbocycles. The highest BCUT2D eigenvalue weighted by Crippen LogP contribution is 2.26.